The van der Waals surface area contributed by atoms with E-state index in [0.29, 0.717) is 29.9 Å². The molecule has 1 aliphatic heterocycles. The summed E-state index contributed by atoms with van der Waals surface area (Å²) in [4.78, 5) is 2.26. The normalized spacial score (nSPS) is 16.5. The minimum absolute atomic E-state index is 0. The molecule has 1 saturated heterocycles. The van der Waals surface area contributed by atoms with Crippen LogP contribution in [0.5, 0.6) is 11.5 Å². The van der Waals surface area contributed by atoms with Gasteiger partial charge in [0.1, 0.15) is 5.82 Å². The number of rotatable bonds is 7. The zero-order valence-corrected chi connectivity index (χ0v) is 14.5. The molecule has 5 nitrogen and oxygen atoms in total. The van der Waals surface area contributed by atoms with E-state index in [2.05, 4.69) is 10.2 Å². The molecule has 23 heavy (non-hydrogen) atoms. The average molecular weight is 349 g/mol. The molecule has 0 spiro atoms. The van der Waals surface area contributed by atoms with E-state index >= 15 is 0 Å². The summed E-state index contributed by atoms with van der Waals surface area (Å²) in [7, 11) is 3.05. The predicted molar refractivity (Wildman–Crippen MR) is 90.3 cm³/mol. The van der Waals surface area contributed by atoms with Crippen LogP contribution in [0.3, 0.4) is 0 Å². The highest BCUT2D eigenvalue weighted by Gasteiger charge is 2.26. The zero-order valence-electron chi connectivity index (χ0n) is 13.7. The van der Waals surface area contributed by atoms with Crippen molar-refractivity contribution < 1.29 is 19.0 Å². The molecule has 1 aliphatic rings. The molecule has 2 N–H and O–H groups in total. The number of nitrogens with one attached hydrogen (secondary N) is 1. The van der Waals surface area contributed by atoms with Crippen LogP contribution in [-0.4, -0.2) is 57.0 Å². The van der Waals surface area contributed by atoms with Crippen LogP contribution in [0, 0.1) is 5.82 Å². The fourth-order valence-electron chi connectivity index (χ4n) is 2.94. The Labute approximate surface area is 143 Å². The molecule has 1 heterocycles. The topological polar surface area (TPSA) is 54.0 Å². The Morgan fingerprint density at radius 3 is 2.39 bits per heavy atom. The highest BCUT2D eigenvalue weighted by molar-refractivity contribution is 5.85. The number of nitrogens with zero attached hydrogens (tertiary/aromatic N) is 1. The highest BCUT2D eigenvalue weighted by Crippen LogP contribution is 2.36. The molecule has 0 unspecified atom stereocenters. The number of piperazine rings is 1. The summed E-state index contributed by atoms with van der Waals surface area (Å²) in [5.74, 6) is 0.632. The van der Waals surface area contributed by atoms with Gasteiger partial charge in [-0.25, -0.2) is 4.39 Å². The minimum Gasteiger partial charge on any atom is -0.493 e. The second-order valence-electron chi connectivity index (χ2n) is 5.40. The van der Waals surface area contributed by atoms with Gasteiger partial charge in [0.15, 0.2) is 11.5 Å². The van der Waals surface area contributed by atoms with Crippen molar-refractivity contribution in [2.75, 3.05) is 47.0 Å². The molecule has 1 atom stereocenters. The number of benzene rings is 1. The maximum atomic E-state index is 14.5. The Balaban J connectivity index is 0.00000264. The molecule has 2 rings (SSSR count). The fourth-order valence-corrected chi connectivity index (χ4v) is 2.94. The van der Waals surface area contributed by atoms with E-state index in [9.17, 15) is 4.39 Å². The molecule has 0 radical (unpaired) electrons. The third kappa shape index (κ3) is 4.94. The molecule has 0 aromatic heterocycles. The lowest BCUT2D eigenvalue weighted by Crippen LogP contribution is -2.45. The van der Waals surface area contributed by atoms with Crippen LogP contribution >= 0.6 is 12.4 Å². The molecule has 0 aliphatic carbocycles. The van der Waals surface area contributed by atoms with Crippen molar-refractivity contribution in [1.29, 1.82) is 0 Å². The first kappa shape index (κ1) is 20.0. The molecule has 1 aromatic carbocycles. The summed E-state index contributed by atoms with van der Waals surface area (Å²) < 4.78 is 25.0. The van der Waals surface area contributed by atoms with Gasteiger partial charge in [-0.2, -0.15) is 0 Å². The standard InChI is InChI=1S/C16H25FN2O3.ClH/c1-21-15-10-12(13(17)11-16(15)22-2)14(4-3-9-20)19-7-5-18-6-8-19;/h10-11,14,18,20H,3-9H2,1-2H3;1H/t14-;/m0./s1. The van der Waals surface area contributed by atoms with Crippen LogP contribution in [0.15, 0.2) is 12.1 Å². The Bertz CT molecular complexity index is 485. The van der Waals surface area contributed by atoms with Crippen LogP contribution in [0.1, 0.15) is 24.4 Å². The van der Waals surface area contributed by atoms with Crippen LogP contribution < -0.4 is 14.8 Å². The molecular weight excluding hydrogens is 323 g/mol. The molecule has 7 heteroatoms. The lowest BCUT2D eigenvalue weighted by molar-refractivity contribution is 0.151. The fraction of sp³-hybridized carbons (Fsp3) is 0.625. The quantitative estimate of drug-likeness (QED) is 0.789. The first-order valence-electron chi connectivity index (χ1n) is 7.68. The van der Waals surface area contributed by atoms with Gasteiger partial charge >= 0.3 is 0 Å². The summed E-state index contributed by atoms with van der Waals surface area (Å²) in [5.41, 5.74) is 0.605. The molecule has 132 valence electrons. The molecule has 0 saturated carbocycles. The van der Waals surface area contributed by atoms with E-state index in [1.165, 1.54) is 13.2 Å². The summed E-state index contributed by atoms with van der Waals surface area (Å²) >= 11 is 0. The van der Waals surface area contributed by atoms with E-state index in [0.717, 1.165) is 26.2 Å². The van der Waals surface area contributed by atoms with Crippen molar-refractivity contribution in [1.82, 2.24) is 10.2 Å². The van der Waals surface area contributed by atoms with Gasteiger partial charge < -0.3 is 19.9 Å². The van der Waals surface area contributed by atoms with Crippen LogP contribution in [0.2, 0.25) is 0 Å². The molecular formula is C16H26ClFN2O3. The van der Waals surface area contributed by atoms with Crippen molar-refractivity contribution in [3.05, 3.63) is 23.5 Å². The second-order valence-corrected chi connectivity index (χ2v) is 5.40. The number of methoxy groups -OCH3 is 2. The summed E-state index contributed by atoms with van der Waals surface area (Å²) in [6.45, 7) is 3.63. The number of halogens is 2. The van der Waals surface area contributed by atoms with E-state index in [-0.39, 0.29) is 30.9 Å². The number of hydrogen-bond acceptors (Lipinski definition) is 5. The van der Waals surface area contributed by atoms with E-state index < -0.39 is 0 Å². The van der Waals surface area contributed by atoms with Gasteiger partial charge in [-0.05, 0) is 18.9 Å². The number of ether oxygens (including phenoxy) is 2. The zero-order chi connectivity index (χ0) is 15.9. The Kier molecular flexibility index (Phi) is 8.62. The molecule has 1 fully saturated rings. The predicted octanol–water partition coefficient (Wildman–Crippen LogP) is 1.98. The molecule has 1 aromatic rings. The summed E-state index contributed by atoms with van der Waals surface area (Å²) in [6.07, 6.45) is 1.35. The van der Waals surface area contributed by atoms with E-state index in [1.54, 1.807) is 13.2 Å². The highest BCUT2D eigenvalue weighted by atomic mass is 35.5. The molecule has 0 amide bonds. The lowest BCUT2D eigenvalue weighted by atomic mass is 9.98. The first-order valence-corrected chi connectivity index (χ1v) is 7.68. The third-order valence-electron chi connectivity index (χ3n) is 4.09. The maximum absolute atomic E-state index is 14.5. The van der Waals surface area contributed by atoms with Gasteiger partial charge in [0.25, 0.3) is 0 Å². The first-order chi connectivity index (χ1) is 10.7. The van der Waals surface area contributed by atoms with Gasteiger partial charge in [-0.1, -0.05) is 0 Å². The summed E-state index contributed by atoms with van der Waals surface area (Å²) in [6, 6.07) is 3.04. The van der Waals surface area contributed by atoms with Crippen LogP contribution in [-0.2, 0) is 0 Å². The van der Waals surface area contributed by atoms with Crippen LogP contribution in [0.25, 0.3) is 0 Å². The van der Waals surface area contributed by atoms with Gasteiger partial charge in [0, 0.05) is 50.5 Å². The van der Waals surface area contributed by atoms with E-state index in [1.807, 2.05) is 0 Å². The van der Waals surface area contributed by atoms with Crippen LogP contribution in [0.4, 0.5) is 4.39 Å². The molecule has 0 bridgehead atoms. The van der Waals surface area contributed by atoms with Crippen molar-refractivity contribution in [3.8, 4) is 11.5 Å². The second kappa shape index (κ2) is 9.93. The number of aliphatic hydroxyl groups is 1. The van der Waals surface area contributed by atoms with Gasteiger partial charge in [-0.15, -0.1) is 12.4 Å². The summed E-state index contributed by atoms with van der Waals surface area (Å²) in [5, 5.41) is 12.4. The Morgan fingerprint density at radius 1 is 1.22 bits per heavy atom. The van der Waals surface area contributed by atoms with Crippen molar-refractivity contribution >= 4 is 12.4 Å². The minimum atomic E-state index is -0.292. The average Bonchev–Trinajstić information content (AvgIpc) is 2.57. The smallest absolute Gasteiger partial charge is 0.163 e. The largest absolute Gasteiger partial charge is 0.493 e. The van der Waals surface area contributed by atoms with E-state index in [4.69, 9.17) is 14.6 Å². The van der Waals surface area contributed by atoms with Crippen molar-refractivity contribution in [3.63, 3.8) is 0 Å². The van der Waals surface area contributed by atoms with Crippen molar-refractivity contribution in [2.45, 2.75) is 18.9 Å². The Hall–Kier alpha value is -1.08. The third-order valence-corrected chi connectivity index (χ3v) is 4.09. The number of aliphatic hydroxyl groups excluding tert-OH is 1. The number of hydrogen-bond donors (Lipinski definition) is 2. The van der Waals surface area contributed by atoms with Gasteiger partial charge in [-0.3, -0.25) is 4.90 Å². The van der Waals surface area contributed by atoms with Gasteiger partial charge in [0.2, 0.25) is 0 Å². The maximum Gasteiger partial charge on any atom is 0.163 e. The lowest BCUT2D eigenvalue weighted by Gasteiger charge is -2.35. The monoisotopic (exact) mass is 348 g/mol. The SMILES string of the molecule is COc1cc(F)c([C@H](CCCO)N2CCNCC2)cc1OC.Cl. The van der Waals surface area contributed by atoms with Crippen molar-refractivity contribution in [2.24, 2.45) is 0 Å². The Morgan fingerprint density at radius 2 is 1.83 bits per heavy atom. The van der Waals surface area contributed by atoms with Gasteiger partial charge in [0.05, 0.1) is 14.2 Å².